The highest BCUT2D eigenvalue weighted by Gasteiger charge is 2.27. The van der Waals surface area contributed by atoms with Gasteiger partial charge in [0, 0.05) is 6.04 Å². The number of hydrogen-bond acceptors (Lipinski definition) is 1. The zero-order chi connectivity index (χ0) is 14.7. The molecule has 1 unspecified atom stereocenters. The molecule has 0 aromatic heterocycles. The number of nitrogens with two attached hydrogens (primary N) is 1. The largest absolute Gasteiger partial charge is 0.327 e. The molecule has 0 heterocycles. The quantitative estimate of drug-likeness (QED) is 0.799. The summed E-state index contributed by atoms with van der Waals surface area (Å²) in [7, 11) is 0. The smallest absolute Gasteiger partial charge is 0.0595 e. The average Bonchev–Trinajstić information content (AvgIpc) is 2.43. The first-order valence-corrected chi connectivity index (χ1v) is 8.42. The van der Waals surface area contributed by atoms with Crippen LogP contribution in [0.5, 0.6) is 0 Å². The third-order valence-electron chi connectivity index (χ3n) is 4.82. The first-order chi connectivity index (χ1) is 9.47. The van der Waals surface area contributed by atoms with Gasteiger partial charge in [0.2, 0.25) is 0 Å². The monoisotopic (exact) mass is 313 g/mol. The van der Waals surface area contributed by atoms with Crippen LogP contribution in [0.2, 0.25) is 10.0 Å². The zero-order valence-corrected chi connectivity index (χ0v) is 13.9. The molecule has 0 saturated heterocycles. The molecule has 1 aromatic carbocycles. The van der Waals surface area contributed by atoms with Gasteiger partial charge in [0.15, 0.2) is 0 Å². The molecule has 0 amide bonds. The van der Waals surface area contributed by atoms with Crippen molar-refractivity contribution in [2.45, 2.75) is 52.0 Å². The van der Waals surface area contributed by atoms with E-state index in [0.717, 1.165) is 18.3 Å². The number of hydrogen-bond donors (Lipinski definition) is 1. The second-order valence-electron chi connectivity index (χ2n) is 6.54. The lowest BCUT2D eigenvalue weighted by Gasteiger charge is -2.34. The molecule has 1 nitrogen and oxygen atoms in total. The van der Waals surface area contributed by atoms with Crippen LogP contribution in [-0.4, -0.2) is 6.04 Å². The molecule has 1 fully saturated rings. The Bertz CT molecular complexity index is 437. The van der Waals surface area contributed by atoms with Crippen LogP contribution in [-0.2, 0) is 6.42 Å². The van der Waals surface area contributed by atoms with Crippen molar-refractivity contribution in [3.8, 4) is 0 Å². The Kier molecular flexibility index (Phi) is 5.77. The van der Waals surface area contributed by atoms with Gasteiger partial charge >= 0.3 is 0 Å². The summed E-state index contributed by atoms with van der Waals surface area (Å²) < 4.78 is 0. The molecule has 0 spiro atoms. The molecule has 3 heteroatoms. The van der Waals surface area contributed by atoms with Gasteiger partial charge in [-0.3, -0.25) is 0 Å². The van der Waals surface area contributed by atoms with Crippen molar-refractivity contribution >= 4 is 23.2 Å². The van der Waals surface area contributed by atoms with Crippen molar-refractivity contribution < 1.29 is 0 Å². The molecule has 0 aliphatic heterocycles. The summed E-state index contributed by atoms with van der Waals surface area (Å²) in [5.41, 5.74) is 7.61. The molecule has 0 radical (unpaired) electrons. The second-order valence-corrected chi connectivity index (χ2v) is 7.35. The van der Waals surface area contributed by atoms with Crippen LogP contribution in [0.4, 0.5) is 0 Å². The maximum atomic E-state index is 6.41. The maximum absolute atomic E-state index is 6.41. The molecule has 1 aromatic rings. The van der Waals surface area contributed by atoms with Gasteiger partial charge in [-0.15, -0.1) is 0 Å². The number of benzene rings is 1. The predicted molar refractivity (Wildman–Crippen MR) is 88.4 cm³/mol. The van der Waals surface area contributed by atoms with Crippen molar-refractivity contribution in [2.24, 2.45) is 23.5 Å². The molecule has 1 aliphatic carbocycles. The molecule has 20 heavy (non-hydrogen) atoms. The Morgan fingerprint density at radius 2 is 1.65 bits per heavy atom. The normalized spacial score (nSPS) is 24.9. The van der Waals surface area contributed by atoms with Gasteiger partial charge in [0.25, 0.3) is 0 Å². The highest BCUT2D eigenvalue weighted by atomic mass is 35.5. The SMILES string of the molecule is CC(C)C1CCC(C(N)Cc2ccc(Cl)c(Cl)c2)CC1. The van der Waals surface area contributed by atoms with E-state index in [9.17, 15) is 0 Å². The second kappa shape index (κ2) is 7.15. The molecule has 112 valence electrons. The number of rotatable bonds is 4. The summed E-state index contributed by atoms with van der Waals surface area (Å²) in [6.07, 6.45) is 6.10. The highest BCUT2D eigenvalue weighted by molar-refractivity contribution is 6.42. The van der Waals surface area contributed by atoms with Crippen LogP contribution in [0.3, 0.4) is 0 Å². The van der Waals surface area contributed by atoms with Gasteiger partial charge in [-0.05, 0) is 67.6 Å². The standard InChI is InChI=1S/C17H25Cl2N/c1-11(2)13-4-6-14(7-5-13)17(20)10-12-3-8-15(18)16(19)9-12/h3,8-9,11,13-14,17H,4-7,10,20H2,1-2H3. The van der Waals surface area contributed by atoms with Crippen LogP contribution >= 0.6 is 23.2 Å². The Labute approximate surface area is 132 Å². The Hall–Kier alpha value is -0.240. The fraction of sp³-hybridized carbons (Fsp3) is 0.647. The average molecular weight is 314 g/mol. The van der Waals surface area contributed by atoms with E-state index < -0.39 is 0 Å². The fourth-order valence-corrected chi connectivity index (χ4v) is 3.67. The molecule has 2 rings (SSSR count). The third kappa shape index (κ3) is 4.13. The van der Waals surface area contributed by atoms with Gasteiger partial charge < -0.3 is 5.73 Å². The Balaban J connectivity index is 1.89. The van der Waals surface area contributed by atoms with Crippen LogP contribution in [0.25, 0.3) is 0 Å². The topological polar surface area (TPSA) is 26.0 Å². The van der Waals surface area contributed by atoms with Gasteiger partial charge in [0.05, 0.1) is 10.0 Å². The van der Waals surface area contributed by atoms with E-state index in [1.54, 1.807) is 0 Å². The van der Waals surface area contributed by atoms with Crippen molar-refractivity contribution in [2.75, 3.05) is 0 Å². The van der Waals surface area contributed by atoms with Crippen molar-refractivity contribution in [1.29, 1.82) is 0 Å². The highest BCUT2D eigenvalue weighted by Crippen LogP contribution is 2.35. The predicted octanol–water partition coefficient (Wildman–Crippen LogP) is 5.33. The first kappa shape index (κ1) is 16.1. The molecular formula is C17H25Cl2N. The van der Waals surface area contributed by atoms with Gasteiger partial charge in [0.1, 0.15) is 0 Å². The van der Waals surface area contributed by atoms with Crippen molar-refractivity contribution in [3.63, 3.8) is 0 Å². The van der Waals surface area contributed by atoms with Gasteiger partial charge in [-0.25, -0.2) is 0 Å². The summed E-state index contributed by atoms with van der Waals surface area (Å²) in [6.45, 7) is 4.67. The molecule has 1 aliphatic rings. The van der Waals surface area contributed by atoms with E-state index >= 15 is 0 Å². The Morgan fingerprint density at radius 1 is 1.05 bits per heavy atom. The van der Waals surface area contributed by atoms with Crippen LogP contribution in [0.1, 0.15) is 45.1 Å². The van der Waals surface area contributed by atoms with Crippen molar-refractivity contribution in [1.82, 2.24) is 0 Å². The molecular weight excluding hydrogens is 289 g/mol. The van der Waals surface area contributed by atoms with E-state index in [1.807, 2.05) is 18.2 Å². The lowest BCUT2D eigenvalue weighted by molar-refractivity contribution is 0.202. The van der Waals surface area contributed by atoms with Crippen molar-refractivity contribution in [3.05, 3.63) is 33.8 Å². The molecule has 1 saturated carbocycles. The summed E-state index contributed by atoms with van der Waals surface area (Å²) >= 11 is 12.0. The van der Waals surface area contributed by atoms with Crippen LogP contribution in [0, 0.1) is 17.8 Å². The summed E-state index contributed by atoms with van der Waals surface area (Å²) in [6, 6.07) is 6.08. The molecule has 2 N–H and O–H groups in total. The summed E-state index contributed by atoms with van der Waals surface area (Å²) in [5.74, 6) is 2.35. The van der Waals surface area contributed by atoms with E-state index in [4.69, 9.17) is 28.9 Å². The zero-order valence-electron chi connectivity index (χ0n) is 12.4. The summed E-state index contributed by atoms with van der Waals surface area (Å²) in [5, 5.41) is 1.24. The molecule has 1 atom stereocenters. The van der Waals surface area contributed by atoms with Crippen LogP contribution < -0.4 is 5.73 Å². The van der Waals surface area contributed by atoms with Gasteiger partial charge in [-0.1, -0.05) is 43.1 Å². The molecule has 0 bridgehead atoms. The van der Waals surface area contributed by atoms with Crippen LogP contribution in [0.15, 0.2) is 18.2 Å². The van der Waals surface area contributed by atoms with E-state index in [-0.39, 0.29) is 6.04 Å². The van der Waals surface area contributed by atoms with E-state index in [2.05, 4.69) is 13.8 Å². The third-order valence-corrected chi connectivity index (χ3v) is 5.56. The maximum Gasteiger partial charge on any atom is 0.0595 e. The minimum atomic E-state index is 0.236. The van der Waals surface area contributed by atoms with E-state index in [1.165, 1.54) is 31.2 Å². The number of halogens is 2. The van der Waals surface area contributed by atoms with Gasteiger partial charge in [-0.2, -0.15) is 0 Å². The lowest BCUT2D eigenvalue weighted by atomic mass is 9.74. The first-order valence-electron chi connectivity index (χ1n) is 7.67. The summed E-state index contributed by atoms with van der Waals surface area (Å²) in [4.78, 5) is 0. The minimum Gasteiger partial charge on any atom is -0.327 e. The van der Waals surface area contributed by atoms with E-state index in [0.29, 0.717) is 16.0 Å². The minimum absolute atomic E-state index is 0.236. The Morgan fingerprint density at radius 3 is 2.20 bits per heavy atom. The fourth-order valence-electron chi connectivity index (χ4n) is 3.35. The lowest BCUT2D eigenvalue weighted by Crippen LogP contribution is -2.35.